The molecular weight excluding hydrogens is 203 g/mol. The van der Waals surface area contributed by atoms with Crippen LogP contribution in [0.1, 0.15) is 25.7 Å². The fraction of sp³-hybridized carbons (Fsp3) is 0.538. The molecule has 0 aliphatic heterocycles. The number of unbranched alkanes of at least 4 members (excludes halogenated alkanes) is 3. The van der Waals surface area contributed by atoms with Crippen LogP contribution in [0, 0.1) is 5.82 Å². The Morgan fingerprint density at radius 1 is 1.06 bits per heavy atom. The average Bonchev–Trinajstić information content (AvgIpc) is 2.29. The molecule has 0 aliphatic carbocycles. The molecule has 1 rings (SSSR count). The van der Waals surface area contributed by atoms with Crippen LogP contribution in [0.5, 0.6) is 0 Å². The van der Waals surface area contributed by atoms with Crippen molar-refractivity contribution in [1.82, 2.24) is 0 Å². The van der Waals surface area contributed by atoms with Crippen molar-refractivity contribution in [2.24, 2.45) is 5.73 Å². The largest absolute Gasteiger partial charge is 0.375 e. The Hall–Kier alpha value is -1.09. The van der Waals surface area contributed by atoms with Gasteiger partial charge in [-0.1, -0.05) is 12.8 Å². The maximum atomic E-state index is 12.7. The summed E-state index contributed by atoms with van der Waals surface area (Å²) in [7, 11) is 2.04. The van der Waals surface area contributed by atoms with Crippen LogP contribution in [0.4, 0.5) is 10.1 Å². The molecule has 0 aromatic heterocycles. The van der Waals surface area contributed by atoms with Crippen molar-refractivity contribution < 1.29 is 4.39 Å². The van der Waals surface area contributed by atoms with E-state index in [0.717, 1.165) is 31.6 Å². The fourth-order valence-electron chi connectivity index (χ4n) is 1.67. The van der Waals surface area contributed by atoms with E-state index >= 15 is 0 Å². The van der Waals surface area contributed by atoms with Gasteiger partial charge in [-0.25, -0.2) is 4.39 Å². The third-order valence-corrected chi connectivity index (χ3v) is 2.72. The number of nitrogens with zero attached hydrogens (tertiary/aromatic N) is 1. The lowest BCUT2D eigenvalue weighted by Gasteiger charge is -2.19. The summed E-state index contributed by atoms with van der Waals surface area (Å²) in [6, 6.07) is 6.63. The number of anilines is 1. The van der Waals surface area contributed by atoms with E-state index in [-0.39, 0.29) is 5.82 Å². The first-order chi connectivity index (χ1) is 7.74. The molecule has 0 unspecified atom stereocenters. The summed E-state index contributed by atoms with van der Waals surface area (Å²) in [5.74, 6) is -0.180. The second kappa shape index (κ2) is 7.23. The van der Waals surface area contributed by atoms with Gasteiger partial charge in [0, 0.05) is 19.3 Å². The molecule has 2 N–H and O–H groups in total. The minimum absolute atomic E-state index is 0.180. The van der Waals surface area contributed by atoms with Crippen molar-refractivity contribution in [3.8, 4) is 0 Å². The van der Waals surface area contributed by atoms with Crippen molar-refractivity contribution >= 4 is 5.69 Å². The maximum absolute atomic E-state index is 12.7. The second-order valence-electron chi connectivity index (χ2n) is 4.10. The van der Waals surface area contributed by atoms with Crippen molar-refractivity contribution in [2.45, 2.75) is 25.7 Å². The molecule has 2 nitrogen and oxygen atoms in total. The predicted octanol–water partition coefficient (Wildman–Crippen LogP) is 2.78. The predicted molar refractivity (Wildman–Crippen MR) is 67.2 cm³/mol. The Kier molecular flexibility index (Phi) is 5.86. The molecule has 0 amide bonds. The van der Waals surface area contributed by atoms with Crippen molar-refractivity contribution in [2.75, 3.05) is 25.0 Å². The smallest absolute Gasteiger partial charge is 0.123 e. The summed E-state index contributed by atoms with van der Waals surface area (Å²) in [5.41, 5.74) is 6.50. The van der Waals surface area contributed by atoms with Crippen LogP contribution >= 0.6 is 0 Å². The standard InChI is InChI=1S/C13H21FN2/c1-16(11-5-3-2-4-10-15)13-8-6-12(14)7-9-13/h6-9H,2-5,10-11,15H2,1H3. The number of hydrogen-bond donors (Lipinski definition) is 1. The van der Waals surface area contributed by atoms with E-state index in [2.05, 4.69) is 4.90 Å². The summed E-state index contributed by atoms with van der Waals surface area (Å²) in [4.78, 5) is 2.15. The number of rotatable bonds is 7. The molecule has 0 bridgehead atoms. The van der Waals surface area contributed by atoms with E-state index in [1.54, 1.807) is 0 Å². The van der Waals surface area contributed by atoms with Gasteiger partial charge in [0.2, 0.25) is 0 Å². The van der Waals surface area contributed by atoms with Crippen molar-refractivity contribution in [3.63, 3.8) is 0 Å². The van der Waals surface area contributed by atoms with Crippen LogP contribution in [-0.2, 0) is 0 Å². The molecule has 0 fully saturated rings. The lowest BCUT2D eigenvalue weighted by Crippen LogP contribution is -2.18. The Morgan fingerprint density at radius 3 is 2.31 bits per heavy atom. The first-order valence-corrected chi connectivity index (χ1v) is 5.91. The topological polar surface area (TPSA) is 29.3 Å². The van der Waals surface area contributed by atoms with E-state index < -0.39 is 0 Å². The highest BCUT2D eigenvalue weighted by Gasteiger charge is 2.00. The van der Waals surface area contributed by atoms with Gasteiger partial charge < -0.3 is 10.6 Å². The van der Waals surface area contributed by atoms with Crippen LogP contribution in [-0.4, -0.2) is 20.1 Å². The lowest BCUT2D eigenvalue weighted by atomic mass is 10.2. The molecular formula is C13H21FN2. The third-order valence-electron chi connectivity index (χ3n) is 2.72. The Labute approximate surface area is 97.3 Å². The second-order valence-corrected chi connectivity index (χ2v) is 4.10. The van der Waals surface area contributed by atoms with Gasteiger partial charge in [-0.15, -0.1) is 0 Å². The number of halogens is 1. The Balaban J connectivity index is 2.24. The summed E-state index contributed by atoms with van der Waals surface area (Å²) in [5, 5.41) is 0. The van der Waals surface area contributed by atoms with Gasteiger partial charge in [-0.2, -0.15) is 0 Å². The van der Waals surface area contributed by atoms with Gasteiger partial charge in [0.1, 0.15) is 5.82 Å². The van der Waals surface area contributed by atoms with Crippen LogP contribution in [0.3, 0.4) is 0 Å². The zero-order valence-electron chi connectivity index (χ0n) is 9.95. The van der Waals surface area contributed by atoms with Crippen molar-refractivity contribution in [3.05, 3.63) is 30.1 Å². The Morgan fingerprint density at radius 2 is 1.69 bits per heavy atom. The van der Waals surface area contributed by atoms with Gasteiger partial charge in [-0.05, 0) is 43.7 Å². The molecule has 0 spiro atoms. The van der Waals surface area contributed by atoms with Gasteiger partial charge in [0.05, 0.1) is 0 Å². The third kappa shape index (κ3) is 4.62. The van der Waals surface area contributed by atoms with E-state index in [1.165, 1.54) is 25.0 Å². The van der Waals surface area contributed by atoms with Crippen molar-refractivity contribution in [1.29, 1.82) is 0 Å². The molecule has 3 heteroatoms. The van der Waals surface area contributed by atoms with Gasteiger partial charge in [0.15, 0.2) is 0 Å². The quantitative estimate of drug-likeness (QED) is 0.722. The highest BCUT2D eigenvalue weighted by Crippen LogP contribution is 2.13. The van der Waals surface area contributed by atoms with Crippen LogP contribution < -0.4 is 10.6 Å². The van der Waals surface area contributed by atoms with E-state index in [4.69, 9.17) is 5.73 Å². The highest BCUT2D eigenvalue weighted by molar-refractivity contribution is 5.45. The SMILES string of the molecule is CN(CCCCCCN)c1ccc(F)cc1. The molecule has 0 saturated carbocycles. The highest BCUT2D eigenvalue weighted by atomic mass is 19.1. The summed E-state index contributed by atoms with van der Waals surface area (Å²) < 4.78 is 12.7. The molecule has 1 aromatic rings. The average molecular weight is 224 g/mol. The molecule has 0 radical (unpaired) electrons. The van der Waals surface area contributed by atoms with Crippen LogP contribution in [0.15, 0.2) is 24.3 Å². The van der Waals surface area contributed by atoms with Gasteiger partial charge in [-0.3, -0.25) is 0 Å². The first-order valence-electron chi connectivity index (χ1n) is 5.91. The normalized spacial score (nSPS) is 10.4. The van der Waals surface area contributed by atoms with E-state index in [9.17, 15) is 4.39 Å². The van der Waals surface area contributed by atoms with E-state index in [1.807, 2.05) is 19.2 Å². The fourth-order valence-corrected chi connectivity index (χ4v) is 1.67. The molecule has 0 saturated heterocycles. The zero-order valence-corrected chi connectivity index (χ0v) is 9.95. The molecule has 1 aromatic carbocycles. The molecule has 0 atom stereocenters. The van der Waals surface area contributed by atoms with Crippen LogP contribution in [0.2, 0.25) is 0 Å². The Bertz CT molecular complexity index is 284. The molecule has 16 heavy (non-hydrogen) atoms. The van der Waals surface area contributed by atoms with Gasteiger partial charge in [0.25, 0.3) is 0 Å². The summed E-state index contributed by atoms with van der Waals surface area (Å²) in [6.45, 7) is 1.80. The summed E-state index contributed by atoms with van der Waals surface area (Å²) in [6.07, 6.45) is 4.69. The molecule has 0 aliphatic rings. The molecule has 90 valence electrons. The number of hydrogen-bond acceptors (Lipinski definition) is 2. The van der Waals surface area contributed by atoms with Gasteiger partial charge >= 0.3 is 0 Å². The maximum Gasteiger partial charge on any atom is 0.123 e. The first kappa shape index (κ1) is 13.0. The monoisotopic (exact) mass is 224 g/mol. The lowest BCUT2D eigenvalue weighted by molar-refractivity contribution is 0.626. The number of nitrogens with two attached hydrogens (primary N) is 1. The summed E-state index contributed by atoms with van der Waals surface area (Å²) >= 11 is 0. The van der Waals surface area contributed by atoms with E-state index in [0.29, 0.717) is 0 Å². The minimum Gasteiger partial charge on any atom is -0.375 e. The number of benzene rings is 1. The molecule has 0 heterocycles. The zero-order chi connectivity index (χ0) is 11.8. The minimum atomic E-state index is -0.180. The van der Waals surface area contributed by atoms with Crippen LogP contribution in [0.25, 0.3) is 0 Å².